The molecule has 2 fully saturated rings. The molecule has 0 aromatic heterocycles. The van der Waals surface area contributed by atoms with Crippen LogP contribution >= 0.6 is 0 Å². The maximum Gasteiger partial charge on any atom is 0.338 e. The maximum absolute atomic E-state index is 11.8. The fourth-order valence-corrected chi connectivity index (χ4v) is 3.50. The van der Waals surface area contributed by atoms with E-state index in [9.17, 15) is 4.79 Å². The Morgan fingerprint density at radius 1 is 1.21 bits per heavy atom. The van der Waals surface area contributed by atoms with Crippen LogP contribution in [-0.4, -0.2) is 25.7 Å². The highest BCUT2D eigenvalue weighted by molar-refractivity contribution is 5.89. The Morgan fingerprint density at radius 2 is 1.89 bits per heavy atom. The third-order valence-electron chi connectivity index (χ3n) is 4.57. The zero-order valence-corrected chi connectivity index (χ0v) is 11.2. The number of ether oxygens (including phenoxy) is 1. The molecule has 1 saturated heterocycles. The van der Waals surface area contributed by atoms with Crippen LogP contribution < -0.4 is 5.32 Å². The molecule has 0 unspecified atom stereocenters. The molecule has 1 saturated carbocycles. The number of piperidine rings is 1. The van der Waals surface area contributed by atoms with Crippen LogP contribution in [0.3, 0.4) is 0 Å². The van der Waals surface area contributed by atoms with Gasteiger partial charge < -0.3 is 10.1 Å². The molecule has 1 N–H and O–H groups in total. The van der Waals surface area contributed by atoms with Crippen molar-refractivity contribution in [3.8, 4) is 0 Å². The van der Waals surface area contributed by atoms with Crippen LogP contribution in [0, 0.1) is 11.3 Å². The summed E-state index contributed by atoms with van der Waals surface area (Å²) in [5.41, 5.74) is 1.22. The van der Waals surface area contributed by atoms with E-state index < -0.39 is 0 Å². The average Bonchev–Trinajstić information content (AvgIpc) is 2.44. The molecule has 0 amide bonds. The summed E-state index contributed by atoms with van der Waals surface area (Å²) in [5.74, 6) is 0.387. The van der Waals surface area contributed by atoms with E-state index >= 15 is 0 Å². The normalized spacial score (nSPS) is 21.9. The molecule has 1 heterocycles. The minimum Gasteiger partial charge on any atom is -0.462 e. The van der Waals surface area contributed by atoms with Crippen molar-refractivity contribution >= 4 is 5.97 Å². The van der Waals surface area contributed by atoms with Crippen LogP contribution in [0.1, 0.15) is 36.0 Å². The molecular weight excluding hydrogens is 238 g/mol. The second-order valence-corrected chi connectivity index (χ2v) is 5.99. The largest absolute Gasteiger partial charge is 0.462 e. The zero-order valence-electron chi connectivity index (χ0n) is 11.2. The number of rotatable bonds is 3. The highest BCUT2D eigenvalue weighted by Gasteiger charge is 2.44. The molecule has 3 nitrogen and oxygen atoms in total. The summed E-state index contributed by atoms with van der Waals surface area (Å²) in [7, 11) is 0. The number of esters is 1. The van der Waals surface area contributed by atoms with Crippen molar-refractivity contribution in [3.05, 3.63) is 35.9 Å². The Bertz CT molecular complexity index is 429. The highest BCUT2D eigenvalue weighted by Crippen LogP contribution is 2.51. The van der Waals surface area contributed by atoms with Crippen LogP contribution in [0.2, 0.25) is 0 Å². The Kier molecular flexibility index (Phi) is 3.56. The maximum atomic E-state index is 11.8. The van der Waals surface area contributed by atoms with E-state index in [2.05, 4.69) is 5.32 Å². The van der Waals surface area contributed by atoms with E-state index in [4.69, 9.17) is 4.74 Å². The van der Waals surface area contributed by atoms with Gasteiger partial charge in [0.15, 0.2) is 0 Å². The molecule has 3 rings (SSSR count). The van der Waals surface area contributed by atoms with E-state index in [1.54, 1.807) is 12.1 Å². The number of hydrogen-bond donors (Lipinski definition) is 1. The minimum atomic E-state index is -0.188. The van der Waals surface area contributed by atoms with Gasteiger partial charge in [0.25, 0.3) is 0 Å². The fraction of sp³-hybridized carbons (Fsp3) is 0.562. The first kappa shape index (κ1) is 12.7. The van der Waals surface area contributed by atoms with Crippen molar-refractivity contribution in [1.29, 1.82) is 0 Å². The highest BCUT2D eigenvalue weighted by atomic mass is 16.5. The first-order chi connectivity index (χ1) is 9.27. The van der Waals surface area contributed by atoms with Crippen LogP contribution in [0.5, 0.6) is 0 Å². The van der Waals surface area contributed by atoms with E-state index in [1.165, 1.54) is 25.7 Å². The van der Waals surface area contributed by atoms with Crippen LogP contribution in [0.25, 0.3) is 0 Å². The molecule has 0 atom stereocenters. The van der Waals surface area contributed by atoms with Crippen LogP contribution in [0.15, 0.2) is 30.3 Å². The summed E-state index contributed by atoms with van der Waals surface area (Å²) in [6, 6.07) is 9.24. The molecule has 1 aromatic rings. The van der Waals surface area contributed by atoms with Gasteiger partial charge in [0.2, 0.25) is 0 Å². The standard InChI is InChI=1S/C16H21NO2/c18-15(14-4-2-1-3-5-14)19-12-13-10-16(11-13)6-8-17-9-7-16/h1-5,13,17H,6-12H2. The Morgan fingerprint density at radius 3 is 2.58 bits per heavy atom. The molecule has 1 aliphatic carbocycles. The Labute approximate surface area is 114 Å². The van der Waals surface area contributed by atoms with E-state index in [1.807, 2.05) is 18.2 Å². The number of carbonyl (C=O) groups excluding carboxylic acids is 1. The smallest absolute Gasteiger partial charge is 0.338 e. The van der Waals surface area contributed by atoms with Crippen molar-refractivity contribution in [2.24, 2.45) is 11.3 Å². The molecule has 1 aromatic carbocycles. The quantitative estimate of drug-likeness (QED) is 0.848. The van der Waals surface area contributed by atoms with Crippen molar-refractivity contribution in [2.75, 3.05) is 19.7 Å². The summed E-state index contributed by atoms with van der Waals surface area (Å²) in [6.07, 6.45) is 5.04. The van der Waals surface area contributed by atoms with Gasteiger partial charge >= 0.3 is 5.97 Å². The van der Waals surface area contributed by atoms with Gasteiger partial charge in [-0.2, -0.15) is 0 Å². The Balaban J connectivity index is 1.43. The fourth-order valence-electron chi connectivity index (χ4n) is 3.50. The lowest BCUT2D eigenvalue weighted by Crippen LogP contribution is -2.46. The lowest BCUT2D eigenvalue weighted by molar-refractivity contribution is -0.0213. The summed E-state index contributed by atoms with van der Waals surface area (Å²) in [4.78, 5) is 11.8. The SMILES string of the molecule is O=C(OCC1CC2(CCNCC2)C1)c1ccccc1. The molecular formula is C16H21NO2. The number of hydrogen-bond acceptors (Lipinski definition) is 3. The third kappa shape index (κ3) is 2.81. The predicted octanol–water partition coefficient (Wildman–Crippen LogP) is 2.62. The monoisotopic (exact) mass is 259 g/mol. The first-order valence-corrected chi connectivity index (χ1v) is 7.20. The predicted molar refractivity (Wildman–Crippen MR) is 74.0 cm³/mol. The molecule has 2 aliphatic rings. The van der Waals surface area contributed by atoms with Crippen molar-refractivity contribution in [1.82, 2.24) is 5.32 Å². The van der Waals surface area contributed by atoms with Crippen molar-refractivity contribution in [2.45, 2.75) is 25.7 Å². The molecule has 3 heteroatoms. The zero-order chi connectivity index (χ0) is 13.1. The average molecular weight is 259 g/mol. The van der Waals surface area contributed by atoms with E-state index in [0.717, 1.165) is 13.1 Å². The number of carbonyl (C=O) groups is 1. The van der Waals surface area contributed by atoms with E-state index in [-0.39, 0.29) is 5.97 Å². The molecule has 0 bridgehead atoms. The topological polar surface area (TPSA) is 38.3 Å². The van der Waals surface area contributed by atoms with Gasteiger partial charge in [-0.25, -0.2) is 4.79 Å². The summed E-state index contributed by atoms with van der Waals surface area (Å²) in [6.45, 7) is 2.88. The van der Waals surface area contributed by atoms with Gasteiger partial charge in [-0.15, -0.1) is 0 Å². The van der Waals surface area contributed by atoms with Gasteiger partial charge in [0.05, 0.1) is 12.2 Å². The molecule has 1 aliphatic heterocycles. The van der Waals surface area contributed by atoms with Gasteiger partial charge in [-0.1, -0.05) is 18.2 Å². The molecule has 102 valence electrons. The Hall–Kier alpha value is -1.35. The number of benzene rings is 1. The second-order valence-electron chi connectivity index (χ2n) is 5.99. The molecule has 19 heavy (non-hydrogen) atoms. The minimum absolute atomic E-state index is 0.188. The lowest BCUT2D eigenvalue weighted by Gasteiger charge is -2.50. The van der Waals surface area contributed by atoms with Crippen molar-refractivity contribution in [3.63, 3.8) is 0 Å². The first-order valence-electron chi connectivity index (χ1n) is 7.20. The summed E-state index contributed by atoms with van der Waals surface area (Å²) in [5, 5.41) is 3.41. The summed E-state index contributed by atoms with van der Waals surface area (Å²) < 4.78 is 5.41. The van der Waals surface area contributed by atoms with E-state index in [0.29, 0.717) is 23.5 Å². The number of nitrogens with one attached hydrogen (secondary N) is 1. The summed E-state index contributed by atoms with van der Waals surface area (Å²) >= 11 is 0. The molecule has 0 radical (unpaired) electrons. The second kappa shape index (κ2) is 5.33. The van der Waals surface area contributed by atoms with Crippen molar-refractivity contribution < 1.29 is 9.53 Å². The van der Waals surface area contributed by atoms with Gasteiger partial charge in [-0.3, -0.25) is 0 Å². The van der Waals surface area contributed by atoms with Gasteiger partial charge in [0, 0.05) is 0 Å². The van der Waals surface area contributed by atoms with Crippen LogP contribution in [0.4, 0.5) is 0 Å². The van der Waals surface area contributed by atoms with Crippen LogP contribution in [-0.2, 0) is 4.74 Å². The van der Waals surface area contributed by atoms with Gasteiger partial charge in [-0.05, 0) is 62.2 Å². The third-order valence-corrected chi connectivity index (χ3v) is 4.57. The molecule has 1 spiro atoms. The van der Waals surface area contributed by atoms with Gasteiger partial charge in [0.1, 0.15) is 0 Å². The lowest BCUT2D eigenvalue weighted by atomic mass is 9.58.